The molecule has 0 aliphatic carbocycles. The second-order valence-electron chi connectivity index (χ2n) is 7.17. The molecule has 2 aliphatic heterocycles. The molecular weight excluding hydrogens is 348 g/mol. The molecule has 3 heterocycles. The maximum atomic E-state index is 12.6. The summed E-state index contributed by atoms with van der Waals surface area (Å²) in [5.41, 5.74) is 0.894. The van der Waals surface area contributed by atoms with Crippen LogP contribution in [-0.2, 0) is 25.7 Å². The molecule has 1 aromatic heterocycles. The first-order chi connectivity index (χ1) is 13.0. The normalized spacial score (nSPS) is 17.6. The maximum absolute atomic E-state index is 12.6. The van der Waals surface area contributed by atoms with Crippen molar-refractivity contribution < 1.29 is 19.1 Å². The van der Waals surface area contributed by atoms with Crippen LogP contribution in [0, 0.1) is 12.8 Å². The third-order valence-corrected chi connectivity index (χ3v) is 5.23. The van der Waals surface area contributed by atoms with Crippen LogP contribution in [-0.4, -0.2) is 58.7 Å². The number of likely N-dealkylation sites (tertiary alicyclic amines) is 1. The molecule has 0 radical (unpaired) electrons. The Hall–Kier alpha value is -2.38. The van der Waals surface area contributed by atoms with Crippen LogP contribution in [0.2, 0.25) is 0 Å². The number of nitrogens with zero attached hydrogens (tertiary/aromatic N) is 4. The molecule has 2 aliphatic rings. The molecule has 3 rings (SSSR count). The fourth-order valence-corrected chi connectivity index (χ4v) is 3.79. The molecule has 1 fully saturated rings. The van der Waals surface area contributed by atoms with Gasteiger partial charge in [0, 0.05) is 45.1 Å². The summed E-state index contributed by atoms with van der Waals surface area (Å²) in [7, 11) is 0. The summed E-state index contributed by atoms with van der Waals surface area (Å²) in [6, 6.07) is 1.92. The van der Waals surface area contributed by atoms with Gasteiger partial charge in [-0.3, -0.25) is 19.3 Å². The molecular formula is C19H28N4O4. The highest BCUT2D eigenvalue weighted by Crippen LogP contribution is 2.23. The lowest BCUT2D eigenvalue weighted by Gasteiger charge is -2.31. The lowest BCUT2D eigenvalue weighted by Crippen LogP contribution is -2.42. The first-order valence-electron chi connectivity index (χ1n) is 9.78. The number of aryl methyl sites for hydroxylation is 2. The highest BCUT2D eigenvalue weighted by atomic mass is 16.5. The number of aromatic nitrogens is 2. The zero-order valence-electron chi connectivity index (χ0n) is 16.1. The van der Waals surface area contributed by atoms with E-state index < -0.39 is 0 Å². The van der Waals surface area contributed by atoms with Crippen LogP contribution in [0.3, 0.4) is 0 Å². The largest absolute Gasteiger partial charge is 0.466 e. The summed E-state index contributed by atoms with van der Waals surface area (Å²) < 4.78 is 6.91. The molecule has 1 aromatic rings. The van der Waals surface area contributed by atoms with E-state index in [2.05, 4.69) is 5.10 Å². The van der Waals surface area contributed by atoms with Crippen LogP contribution >= 0.6 is 0 Å². The molecule has 1 saturated heterocycles. The number of hydrogen-bond donors (Lipinski definition) is 0. The van der Waals surface area contributed by atoms with E-state index in [0.717, 1.165) is 24.5 Å². The average molecular weight is 376 g/mol. The third kappa shape index (κ3) is 4.48. The molecule has 0 saturated carbocycles. The van der Waals surface area contributed by atoms with E-state index in [0.29, 0.717) is 39.1 Å². The number of ether oxygens (including phenoxy) is 1. The zero-order chi connectivity index (χ0) is 19.4. The fourth-order valence-electron chi connectivity index (χ4n) is 3.79. The summed E-state index contributed by atoms with van der Waals surface area (Å²) in [5.74, 6) is 0.480. The van der Waals surface area contributed by atoms with Crippen molar-refractivity contribution in [2.75, 3.05) is 31.1 Å². The molecule has 27 heavy (non-hydrogen) atoms. The quantitative estimate of drug-likeness (QED) is 0.727. The first-order valence-corrected chi connectivity index (χ1v) is 9.78. The SMILES string of the molecule is CCOC(=O)C1CCN(C(=O)CCC(=O)N2CCCn3nc(C)cc32)CC1. The molecule has 0 aromatic carbocycles. The van der Waals surface area contributed by atoms with Crippen LogP contribution < -0.4 is 4.90 Å². The summed E-state index contributed by atoms with van der Waals surface area (Å²) >= 11 is 0. The number of fused-ring (bicyclic) bond motifs is 1. The minimum atomic E-state index is -0.170. The van der Waals surface area contributed by atoms with Gasteiger partial charge < -0.3 is 9.64 Å². The van der Waals surface area contributed by atoms with Gasteiger partial charge in [0.1, 0.15) is 5.82 Å². The van der Waals surface area contributed by atoms with E-state index in [1.807, 2.05) is 17.7 Å². The number of piperidine rings is 1. The number of carbonyl (C=O) groups is 3. The summed E-state index contributed by atoms with van der Waals surface area (Å²) in [6.45, 7) is 6.68. The topological polar surface area (TPSA) is 84.7 Å². The van der Waals surface area contributed by atoms with Gasteiger partial charge in [-0.1, -0.05) is 0 Å². The van der Waals surface area contributed by atoms with E-state index in [1.165, 1.54) is 0 Å². The van der Waals surface area contributed by atoms with E-state index >= 15 is 0 Å². The van der Waals surface area contributed by atoms with Gasteiger partial charge in [0.2, 0.25) is 11.8 Å². The smallest absolute Gasteiger partial charge is 0.309 e. The van der Waals surface area contributed by atoms with Gasteiger partial charge in [-0.15, -0.1) is 0 Å². The van der Waals surface area contributed by atoms with Crippen molar-refractivity contribution in [3.63, 3.8) is 0 Å². The van der Waals surface area contributed by atoms with E-state index in [1.54, 1.807) is 16.7 Å². The van der Waals surface area contributed by atoms with Gasteiger partial charge in [-0.2, -0.15) is 5.10 Å². The van der Waals surface area contributed by atoms with Gasteiger partial charge in [-0.05, 0) is 33.1 Å². The minimum absolute atomic E-state index is 0.0210. The van der Waals surface area contributed by atoms with Crippen molar-refractivity contribution >= 4 is 23.6 Å². The molecule has 8 heteroatoms. The Kier molecular flexibility index (Phi) is 6.13. The van der Waals surface area contributed by atoms with E-state index in [4.69, 9.17) is 4.74 Å². The fraction of sp³-hybridized carbons (Fsp3) is 0.684. The molecule has 148 valence electrons. The predicted molar refractivity (Wildman–Crippen MR) is 99.1 cm³/mol. The standard InChI is InChI=1S/C19H28N4O4/c1-3-27-19(26)15-7-11-21(12-8-15)17(24)5-6-18(25)22-9-4-10-23-16(22)13-14(2)20-23/h13,15H,3-12H2,1-2H3. The van der Waals surface area contributed by atoms with Gasteiger partial charge in [-0.25, -0.2) is 4.68 Å². The van der Waals surface area contributed by atoms with Crippen LogP contribution in [0.1, 0.15) is 44.7 Å². The van der Waals surface area contributed by atoms with Crippen molar-refractivity contribution in [2.45, 2.75) is 52.5 Å². The van der Waals surface area contributed by atoms with Gasteiger partial charge in [0.25, 0.3) is 0 Å². The van der Waals surface area contributed by atoms with E-state index in [-0.39, 0.29) is 36.5 Å². The monoisotopic (exact) mass is 376 g/mol. The second-order valence-corrected chi connectivity index (χ2v) is 7.17. The Labute approximate surface area is 159 Å². The number of hydrogen-bond acceptors (Lipinski definition) is 5. The Balaban J connectivity index is 1.47. The molecule has 0 unspecified atom stereocenters. The van der Waals surface area contributed by atoms with Crippen LogP contribution in [0.15, 0.2) is 6.07 Å². The molecule has 0 N–H and O–H groups in total. The maximum Gasteiger partial charge on any atom is 0.309 e. The van der Waals surface area contributed by atoms with Crippen molar-refractivity contribution in [3.05, 3.63) is 11.8 Å². The Morgan fingerprint density at radius 3 is 2.52 bits per heavy atom. The number of amides is 2. The lowest BCUT2D eigenvalue weighted by atomic mass is 9.96. The van der Waals surface area contributed by atoms with Crippen LogP contribution in [0.4, 0.5) is 5.82 Å². The average Bonchev–Trinajstić information content (AvgIpc) is 3.06. The summed E-state index contributed by atoms with van der Waals surface area (Å²) in [6.07, 6.45) is 2.52. The number of carbonyl (C=O) groups excluding carboxylic acids is 3. The lowest BCUT2D eigenvalue weighted by molar-refractivity contribution is -0.151. The Morgan fingerprint density at radius 2 is 1.81 bits per heavy atom. The first kappa shape index (κ1) is 19.4. The highest BCUT2D eigenvalue weighted by molar-refractivity contribution is 5.95. The van der Waals surface area contributed by atoms with Crippen molar-refractivity contribution in [1.29, 1.82) is 0 Å². The summed E-state index contributed by atoms with van der Waals surface area (Å²) in [4.78, 5) is 40.4. The minimum Gasteiger partial charge on any atom is -0.466 e. The van der Waals surface area contributed by atoms with Crippen molar-refractivity contribution in [3.8, 4) is 0 Å². The Bertz CT molecular complexity index is 707. The summed E-state index contributed by atoms with van der Waals surface area (Å²) in [5, 5.41) is 4.40. The number of esters is 1. The van der Waals surface area contributed by atoms with Gasteiger partial charge in [0.05, 0.1) is 18.2 Å². The van der Waals surface area contributed by atoms with Crippen LogP contribution in [0.25, 0.3) is 0 Å². The Morgan fingerprint density at radius 1 is 1.11 bits per heavy atom. The predicted octanol–water partition coefficient (Wildman–Crippen LogP) is 1.51. The third-order valence-electron chi connectivity index (χ3n) is 5.23. The van der Waals surface area contributed by atoms with Gasteiger partial charge >= 0.3 is 5.97 Å². The number of rotatable bonds is 5. The van der Waals surface area contributed by atoms with Gasteiger partial charge in [0.15, 0.2) is 0 Å². The van der Waals surface area contributed by atoms with Crippen molar-refractivity contribution in [2.24, 2.45) is 5.92 Å². The molecule has 2 amide bonds. The zero-order valence-corrected chi connectivity index (χ0v) is 16.1. The molecule has 0 spiro atoms. The van der Waals surface area contributed by atoms with Crippen LogP contribution in [0.5, 0.6) is 0 Å². The molecule has 8 nitrogen and oxygen atoms in total. The number of anilines is 1. The van der Waals surface area contributed by atoms with Crippen molar-refractivity contribution in [1.82, 2.24) is 14.7 Å². The molecule has 0 bridgehead atoms. The second kappa shape index (κ2) is 8.54. The molecule has 0 atom stereocenters. The highest BCUT2D eigenvalue weighted by Gasteiger charge is 2.29. The van der Waals surface area contributed by atoms with E-state index in [9.17, 15) is 14.4 Å².